The van der Waals surface area contributed by atoms with E-state index < -0.39 is 0 Å². The molecule has 1 aliphatic rings. The zero-order valence-electron chi connectivity index (χ0n) is 9.08. The minimum atomic E-state index is 0.0532. The fraction of sp³-hybridized carbons (Fsp3) is 0.308. The summed E-state index contributed by atoms with van der Waals surface area (Å²) in [5, 5.41) is 2.96. The summed E-state index contributed by atoms with van der Waals surface area (Å²) in [6, 6.07) is 10.1. The molecule has 0 saturated carbocycles. The first-order valence-electron chi connectivity index (χ1n) is 5.24. The van der Waals surface area contributed by atoms with Gasteiger partial charge in [0.05, 0.1) is 0 Å². The molecule has 0 bridgehead atoms. The van der Waals surface area contributed by atoms with Crippen molar-refractivity contribution in [3.05, 3.63) is 41.5 Å². The largest absolute Gasteiger partial charge is 0.349 e. The summed E-state index contributed by atoms with van der Waals surface area (Å²) >= 11 is 0. The Morgan fingerprint density at radius 2 is 1.93 bits per heavy atom. The Morgan fingerprint density at radius 3 is 2.53 bits per heavy atom. The van der Waals surface area contributed by atoms with Crippen molar-refractivity contribution >= 4 is 11.5 Å². The summed E-state index contributed by atoms with van der Waals surface area (Å²) in [6.45, 7) is 4.07. The topological polar surface area (TPSA) is 29.1 Å². The summed E-state index contributed by atoms with van der Waals surface area (Å²) in [4.78, 5) is 11.8. The third kappa shape index (κ3) is 1.94. The smallest absolute Gasteiger partial charge is 0.252 e. The minimum Gasteiger partial charge on any atom is -0.349 e. The van der Waals surface area contributed by atoms with Crippen molar-refractivity contribution in [1.82, 2.24) is 5.32 Å². The van der Waals surface area contributed by atoms with E-state index in [1.165, 1.54) is 5.57 Å². The van der Waals surface area contributed by atoms with Crippen LogP contribution in [0.5, 0.6) is 0 Å². The molecule has 1 unspecified atom stereocenters. The summed E-state index contributed by atoms with van der Waals surface area (Å²) in [7, 11) is 0. The van der Waals surface area contributed by atoms with Crippen LogP contribution in [0.15, 0.2) is 35.9 Å². The van der Waals surface area contributed by atoms with Crippen LogP contribution in [0.1, 0.15) is 25.8 Å². The Balaban J connectivity index is 2.44. The van der Waals surface area contributed by atoms with Crippen molar-refractivity contribution in [2.24, 2.45) is 0 Å². The standard InChI is InChI=1S/C13H15NO/c1-9-8-10(2)14-13(15)12(9)11-6-4-3-5-7-11/h3-7,10H,8H2,1-2H3,(H,14,15). The number of hydrogen-bond donors (Lipinski definition) is 1. The van der Waals surface area contributed by atoms with Crippen LogP contribution in [0.2, 0.25) is 0 Å². The third-order valence-electron chi connectivity index (χ3n) is 2.71. The van der Waals surface area contributed by atoms with Crippen LogP contribution in [0, 0.1) is 0 Å². The first-order chi connectivity index (χ1) is 7.18. The van der Waals surface area contributed by atoms with Gasteiger partial charge in [-0.15, -0.1) is 0 Å². The Kier molecular flexibility index (Phi) is 2.58. The van der Waals surface area contributed by atoms with Crippen LogP contribution in [-0.4, -0.2) is 11.9 Å². The van der Waals surface area contributed by atoms with Gasteiger partial charge >= 0.3 is 0 Å². The van der Waals surface area contributed by atoms with Crippen LogP contribution in [0.4, 0.5) is 0 Å². The molecule has 0 aliphatic carbocycles. The molecule has 1 heterocycles. The van der Waals surface area contributed by atoms with Gasteiger partial charge in [0.15, 0.2) is 0 Å². The van der Waals surface area contributed by atoms with Crippen molar-refractivity contribution in [3.63, 3.8) is 0 Å². The second-order valence-electron chi connectivity index (χ2n) is 4.10. The van der Waals surface area contributed by atoms with Crippen molar-refractivity contribution in [1.29, 1.82) is 0 Å². The van der Waals surface area contributed by atoms with Gasteiger partial charge in [-0.2, -0.15) is 0 Å². The van der Waals surface area contributed by atoms with Crippen LogP contribution in [-0.2, 0) is 4.79 Å². The van der Waals surface area contributed by atoms with Crippen molar-refractivity contribution in [3.8, 4) is 0 Å². The van der Waals surface area contributed by atoms with Crippen molar-refractivity contribution in [2.75, 3.05) is 0 Å². The van der Waals surface area contributed by atoms with Crippen LogP contribution in [0.25, 0.3) is 5.57 Å². The zero-order chi connectivity index (χ0) is 10.8. The zero-order valence-corrected chi connectivity index (χ0v) is 9.08. The normalized spacial score (nSPS) is 21.5. The maximum absolute atomic E-state index is 11.8. The number of carbonyl (C=O) groups is 1. The van der Waals surface area contributed by atoms with Gasteiger partial charge < -0.3 is 5.32 Å². The van der Waals surface area contributed by atoms with Gasteiger partial charge in [0.1, 0.15) is 0 Å². The van der Waals surface area contributed by atoms with Gasteiger partial charge in [-0.25, -0.2) is 0 Å². The van der Waals surface area contributed by atoms with E-state index >= 15 is 0 Å². The average Bonchev–Trinajstić information content (AvgIpc) is 2.17. The predicted molar refractivity (Wildman–Crippen MR) is 61.3 cm³/mol. The lowest BCUT2D eigenvalue weighted by molar-refractivity contribution is -0.116. The molecule has 1 atom stereocenters. The van der Waals surface area contributed by atoms with E-state index in [2.05, 4.69) is 5.32 Å². The molecule has 0 radical (unpaired) electrons. The molecule has 2 nitrogen and oxygen atoms in total. The first-order valence-corrected chi connectivity index (χ1v) is 5.24. The van der Waals surface area contributed by atoms with Gasteiger partial charge in [0.25, 0.3) is 5.91 Å². The van der Waals surface area contributed by atoms with E-state index in [1.54, 1.807) is 0 Å². The molecule has 2 rings (SSSR count). The minimum absolute atomic E-state index is 0.0532. The fourth-order valence-electron chi connectivity index (χ4n) is 2.08. The number of nitrogens with one attached hydrogen (secondary N) is 1. The summed E-state index contributed by atoms with van der Waals surface area (Å²) in [5.41, 5.74) is 3.03. The lowest BCUT2D eigenvalue weighted by atomic mass is 9.92. The molecule has 15 heavy (non-hydrogen) atoms. The lowest BCUT2D eigenvalue weighted by Crippen LogP contribution is -2.37. The third-order valence-corrected chi connectivity index (χ3v) is 2.71. The molecule has 0 saturated heterocycles. The number of benzene rings is 1. The maximum Gasteiger partial charge on any atom is 0.252 e. The van der Waals surface area contributed by atoms with E-state index in [-0.39, 0.29) is 11.9 Å². The van der Waals surface area contributed by atoms with Crippen molar-refractivity contribution in [2.45, 2.75) is 26.3 Å². The number of rotatable bonds is 1. The highest BCUT2D eigenvalue weighted by molar-refractivity contribution is 6.21. The molecular weight excluding hydrogens is 186 g/mol. The number of hydrogen-bond acceptors (Lipinski definition) is 1. The molecule has 0 spiro atoms. The first kappa shape index (κ1) is 9.97. The van der Waals surface area contributed by atoms with E-state index in [9.17, 15) is 4.79 Å². The lowest BCUT2D eigenvalue weighted by Gasteiger charge is -2.23. The molecule has 1 amide bonds. The molecule has 1 aliphatic heterocycles. The molecule has 1 aromatic rings. The highest BCUT2D eigenvalue weighted by Crippen LogP contribution is 2.25. The van der Waals surface area contributed by atoms with E-state index in [0.29, 0.717) is 0 Å². The SMILES string of the molecule is CC1=C(c2ccccc2)C(=O)NC(C)C1. The molecule has 1 aromatic carbocycles. The molecule has 0 aromatic heterocycles. The highest BCUT2D eigenvalue weighted by atomic mass is 16.1. The van der Waals surface area contributed by atoms with Crippen LogP contribution < -0.4 is 5.32 Å². The van der Waals surface area contributed by atoms with Gasteiger partial charge in [-0.1, -0.05) is 35.9 Å². The van der Waals surface area contributed by atoms with Crippen LogP contribution >= 0.6 is 0 Å². The molecule has 78 valence electrons. The van der Waals surface area contributed by atoms with Gasteiger partial charge in [0, 0.05) is 11.6 Å². The number of amides is 1. The van der Waals surface area contributed by atoms with E-state index in [4.69, 9.17) is 0 Å². The number of carbonyl (C=O) groups excluding carboxylic acids is 1. The summed E-state index contributed by atoms with van der Waals surface area (Å²) in [6.07, 6.45) is 0.940. The fourth-order valence-corrected chi connectivity index (χ4v) is 2.08. The van der Waals surface area contributed by atoms with Crippen LogP contribution in [0.3, 0.4) is 0 Å². The van der Waals surface area contributed by atoms with Crippen molar-refractivity contribution < 1.29 is 4.79 Å². The van der Waals surface area contributed by atoms with E-state index in [1.807, 2.05) is 44.2 Å². The average molecular weight is 201 g/mol. The van der Waals surface area contributed by atoms with Gasteiger partial charge in [0.2, 0.25) is 0 Å². The highest BCUT2D eigenvalue weighted by Gasteiger charge is 2.22. The van der Waals surface area contributed by atoms with Gasteiger partial charge in [-0.3, -0.25) is 4.79 Å². The second-order valence-corrected chi connectivity index (χ2v) is 4.10. The molecule has 1 N–H and O–H groups in total. The quantitative estimate of drug-likeness (QED) is 0.742. The second kappa shape index (κ2) is 3.89. The van der Waals surface area contributed by atoms with Gasteiger partial charge in [-0.05, 0) is 25.8 Å². The Hall–Kier alpha value is -1.57. The molecule has 0 fully saturated rings. The maximum atomic E-state index is 11.8. The molecular formula is C13H15NO. The summed E-state index contributed by atoms with van der Waals surface area (Å²) in [5.74, 6) is 0.0532. The Bertz CT molecular complexity index is 406. The Morgan fingerprint density at radius 1 is 1.27 bits per heavy atom. The monoisotopic (exact) mass is 201 g/mol. The predicted octanol–water partition coefficient (Wildman–Crippen LogP) is 2.37. The van der Waals surface area contributed by atoms with E-state index in [0.717, 1.165) is 17.6 Å². The molecule has 2 heteroatoms. The summed E-state index contributed by atoms with van der Waals surface area (Å²) < 4.78 is 0. The Labute approximate surface area is 90.0 Å².